The summed E-state index contributed by atoms with van der Waals surface area (Å²) < 4.78 is 10.6. The van der Waals surface area contributed by atoms with Crippen molar-refractivity contribution < 1.29 is 9.47 Å². The molecule has 0 aliphatic carbocycles. The Labute approximate surface area is 180 Å². The number of methoxy groups -OCH3 is 2. The third kappa shape index (κ3) is 4.72. The number of aliphatic imine (C=N–C) groups is 1. The van der Waals surface area contributed by atoms with Crippen molar-refractivity contribution in [3.63, 3.8) is 0 Å². The van der Waals surface area contributed by atoms with Gasteiger partial charge in [0.05, 0.1) is 37.2 Å². The molecule has 2 N–H and O–H groups in total. The quantitative estimate of drug-likeness (QED) is 0.275. The molecule has 0 saturated carbocycles. The highest BCUT2D eigenvalue weighted by Gasteiger charge is 2.10. The molecule has 1 aromatic heterocycles. The fraction of sp³-hybridized carbons (Fsp3) is 0.125. The fourth-order valence-corrected chi connectivity index (χ4v) is 3.05. The smallest absolute Gasteiger partial charge is 0.190 e. The zero-order valence-corrected chi connectivity index (χ0v) is 17.6. The minimum absolute atomic E-state index is 0.511. The normalized spacial score (nSPS) is 11.8. The van der Waals surface area contributed by atoms with E-state index >= 15 is 0 Å². The Kier molecular flexibility index (Phi) is 5.93. The summed E-state index contributed by atoms with van der Waals surface area (Å²) in [6.45, 7) is 2.04. The van der Waals surface area contributed by atoms with Crippen LogP contribution in [0, 0.1) is 6.92 Å². The highest BCUT2D eigenvalue weighted by atomic mass is 16.5. The first-order valence-electron chi connectivity index (χ1n) is 9.78. The van der Waals surface area contributed by atoms with Crippen LogP contribution in [-0.2, 0) is 0 Å². The van der Waals surface area contributed by atoms with Crippen molar-refractivity contribution in [2.24, 2.45) is 10.1 Å². The summed E-state index contributed by atoms with van der Waals surface area (Å²) in [5, 5.41) is 4.37. The monoisotopic (exact) mass is 413 g/mol. The van der Waals surface area contributed by atoms with E-state index in [0.29, 0.717) is 23.2 Å². The molecule has 0 unspecified atom stereocenters. The average molecular weight is 413 g/mol. The predicted octanol–water partition coefficient (Wildman–Crippen LogP) is 4.59. The number of amidine groups is 1. The Hall–Kier alpha value is -4.13. The van der Waals surface area contributed by atoms with Crippen LogP contribution in [0.4, 0.5) is 5.69 Å². The van der Waals surface area contributed by atoms with Crippen LogP contribution < -0.4 is 14.9 Å². The summed E-state index contributed by atoms with van der Waals surface area (Å²) in [5.41, 5.74) is 7.64. The van der Waals surface area contributed by atoms with Crippen molar-refractivity contribution in [1.82, 2.24) is 15.4 Å². The van der Waals surface area contributed by atoms with Gasteiger partial charge in [0.15, 0.2) is 23.2 Å². The van der Waals surface area contributed by atoms with Crippen LogP contribution in [0.5, 0.6) is 11.5 Å². The predicted molar refractivity (Wildman–Crippen MR) is 124 cm³/mol. The Bertz CT molecular complexity index is 1210. The molecule has 0 radical (unpaired) electrons. The van der Waals surface area contributed by atoms with Crippen molar-refractivity contribution >= 4 is 28.8 Å². The third-order valence-electron chi connectivity index (χ3n) is 4.68. The van der Waals surface area contributed by atoms with E-state index in [0.717, 1.165) is 22.3 Å². The maximum Gasteiger partial charge on any atom is 0.190 e. The minimum atomic E-state index is 0.511. The van der Waals surface area contributed by atoms with Gasteiger partial charge in [-0.3, -0.25) is 5.43 Å². The number of rotatable bonds is 6. The van der Waals surface area contributed by atoms with Gasteiger partial charge in [0.25, 0.3) is 0 Å². The lowest BCUT2D eigenvalue weighted by molar-refractivity contribution is 0.355. The number of fused-ring (bicyclic) bond motifs is 1. The Balaban J connectivity index is 1.64. The van der Waals surface area contributed by atoms with E-state index in [2.05, 4.69) is 20.5 Å². The van der Waals surface area contributed by atoms with Crippen molar-refractivity contribution in [2.75, 3.05) is 14.2 Å². The summed E-state index contributed by atoms with van der Waals surface area (Å²) >= 11 is 0. The highest BCUT2D eigenvalue weighted by Crippen LogP contribution is 2.26. The van der Waals surface area contributed by atoms with Crippen LogP contribution in [0.15, 0.2) is 76.8 Å². The first kappa shape index (κ1) is 20.2. The molecule has 0 fully saturated rings. The summed E-state index contributed by atoms with van der Waals surface area (Å²) in [5.74, 6) is 2.41. The molecule has 4 aromatic rings. The molecule has 1 heterocycles. The van der Waals surface area contributed by atoms with Crippen molar-refractivity contribution in [1.29, 1.82) is 0 Å². The van der Waals surface area contributed by atoms with E-state index < -0.39 is 0 Å². The number of aromatic amines is 1. The number of aromatic nitrogens is 2. The number of H-pyrrole nitrogens is 1. The van der Waals surface area contributed by atoms with E-state index in [1.807, 2.05) is 73.7 Å². The molecule has 3 aromatic carbocycles. The van der Waals surface area contributed by atoms with Crippen LogP contribution in [0.2, 0.25) is 0 Å². The van der Waals surface area contributed by atoms with Gasteiger partial charge in [0.1, 0.15) is 0 Å². The molecule has 156 valence electrons. The van der Waals surface area contributed by atoms with Gasteiger partial charge in [0, 0.05) is 0 Å². The molecule has 4 rings (SSSR count). The number of nitrogens with zero attached hydrogens (tertiary/aromatic N) is 3. The fourth-order valence-electron chi connectivity index (χ4n) is 3.05. The zero-order valence-electron chi connectivity index (χ0n) is 17.6. The summed E-state index contributed by atoms with van der Waals surface area (Å²) in [6, 6.07) is 21.4. The van der Waals surface area contributed by atoms with Gasteiger partial charge in [-0.05, 0) is 55.0 Å². The molecule has 0 spiro atoms. The van der Waals surface area contributed by atoms with Gasteiger partial charge in [-0.2, -0.15) is 5.10 Å². The Morgan fingerprint density at radius 1 is 0.968 bits per heavy atom. The molecule has 0 amide bonds. The van der Waals surface area contributed by atoms with Crippen LogP contribution in [0.3, 0.4) is 0 Å². The Morgan fingerprint density at radius 2 is 1.74 bits per heavy atom. The second-order valence-corrected chi connectivity index (χ2v) is 6.88. The average Bonchev–Trinajstić information content (AvgIpc) is 3.24. The molecule has 7 heteroatoms. The number of nitrogens with one attached hydrogen (secondary N) is 2. The SMILES string of the molecule is COc1ccc(C=NNC(=Nc2ccc(C)cc2)c2nc3ccccc3[nH]2)cc1OC. The van der Waals surface area contributed by atoms with Crippen LogP contribution in [0.25, 0.3) is 11.0 Å². The van der Waals surface area contributed by atoms with E-state index in [1.54, 1.807) is 20.4 Å². The van der Waals surface area contributed by atoms with Crippen molar-refractivity contribution in [3.05, 3.63) is 83.7 Å². The summed E-state index contributed by atoms with van der Waals surface area (Å²) in [7, 11) is 3.21. The van der Waals surface area contributed by atoms with E-state index in [-0.39, 0.29) is 0 Å². The molecular formula is C24H23N5O2. The van der Waals surface area contributed by atoms with Gasteiger partial charge in [0.2, 0.25) is 0 Å². The van der Waals surface area contributed by atoms with Gasteiger partial charge < -0.3 is 14.5 Å². The molecule has 0 saturated heterocycles. The summed E-state index contributed by atoms with van der Waals surface area (Å²) in [4.78, 5) is 12.6. The van der Waals surface area contributed by atoms with Gasteiger partial charge in [-0.25, -0.2) is 9.98 Å². The summed E-state index contributed by atoms with van der Waals surface area (Å²) in [6.07, 6.45) is 1.69. The second kappa shape index (κ2) is 9.13. The van der Waals surface area contributed by atoms with Crippen LogP contribution in [0.1, 0.15) is 17.0 Å². The maximum absolute atomic E-state index is 5.35. The lowest BCUT2D eigenvalue weighted by Gasteiger charge is -2.07. The second-order valence-electron chi connectivity index (χ2n) is 6.88. The highest BCUT2D eigenvalue weighted by molar-refractivity contribution is 6.00. The first-order valence-corrected chi connectivity index (χ1v) is 9.78. The van der Waals surface area contributed by atoms with Gasteiger partial charge >= 0.3 is 0 Å². The third-order valence-corrected chi connectivity index (χ3v) is 4.68. The molecule has 0 bridgehead atoms. The lowest BCUT2D eigenvalue weighted by atomic mass is 10.2. The number of benzene rings is 3. The van der Waals surface area contributed by atoms with Crippen molar-refractivity contribution in [3.8, 4) is 11.5 Å². The van der Waals surface area contributed by atoms with Crippen LogP contribution in [-0.4, -0.2) is 36.2 Å². The van der Waals surface area contributed by atoms with Crippen molar-refractivity contribution in [2.45, 2.75) is 6.92 Å². The number of imidazole rings is 1. The molecular weight excluding hydrogens is 390 g/mol. The van der Waals surface area contributed by atoms with E-state index in [4.69, 9.17) is 14.5 Å². The molecule has 0 aliphatic heterocycles. The zero-order chi connectivity index (χ0) is 21.6. The molecule has 31 heavy (non-hydrogen) atoms. The first-order chi connectivity index (χ1) is 15.2. The number of hydrogen-bond acceptors (Lipinski definition) is 5. The lowest BCUT2D eigenvalue weighted by Crippen LogP contribution is -2.20. The molecule has 7 nitrogen and oxygen atoms in total. The molecule has 0 atom stereocenters. The number of ether oxygens (including phenoxy) is 2. The number of aryl methyl sites for hydroxylation is 1. The standard InChI is InChI=1S/C24H23N5O2/c1-16-8-11-18(12-9-16)26-24(23-27-19-6-4-5-7-20(19)28-23)29-25-15-17-10-13-21(30-2)22(14-17)31-3/h4-15H,1-3H3,(H,26,29)(H,27,28). The minimum Gasteiger partial charge on any atom is -0.493 e. The Morgan fingerprint density at radius 3 is 2.48 bits per heavy atom. The van der Waals surface area contributed by atoms with Gasteiger partial charge in [-0.1, -0.05) is 29.8 Å². The topological polar surface area (TPSA) is 83.9 Å². The van der Waals surface area contributed by atoms with Gasteiger partial charge in [-0.15, -0.1) is 0 Å². The van der Waals surface area contributed by atoms with Crippen LogP contribution >= 0.6 is 0 Å². The number of hydrogen-bond donors (Lipinski definition) is 2. The largest absolute Gasteiger partial charge is 0.493 e. The van der Waals surface area contributed by atoms with E-state index in [1.165, 1.54) is 5.56 Å². The molecule has 0 aliphatic rings. The number of hydrazone groups is 1. The van der Waals surface area contributed by atoms with E-state index in [9.17, 15) is 0 Å². The number of para-hydroxylation sites is 2. The maximum atomic E-state index is 5.35.